The van der Waals surface area contributed by atoms with Gasteiger partial charge in [0.25, 0.3) is 5.09 Å². The average molecular weight is 333 g/mol. The molecule has 7 N–H and O–H groups in total. The van der Waals surface area contributed by atoms with E-state index in [9.17, 15) is 0 Å². The quantitative estimate of drug-likeness (QED) is 0.231. The zero-order valence-electron chi connectivity index (χ0n) is 9.71. The third kappa shape index (κ3) is 7.54. The minimum Gasteiger partial charge on any atom is -0.370 e. The van der Waals surface area contributed by atoms with Crippen molar-refractivity contribution in [3.63, 3.8) is 0 Å². The van der Waals surface area contributed by atoms with Crippen LogP contribution in [0.15, 0.2) is 28.7 Å². The van der Waals surface area contributed by atoms with E-state index in [4.69, 9.17) is 37.6 Å². The van der Waals surface area contributed by atoms with Gasteiger partial charge in [0.15, 0.2) is 11.9 Å². The smallest absolute Gasteiger partial charge is 0.291 e. The number of guanidine groups is 2. The Morgan fingerprint density at radius 2 is 1.89 bits per heavy atom. The predicted octanol–water partition coefficient (Wildman–Crippen LogP) is 0.690. The van der Waals surface area contributed by atoms with Gasteiger partial charge in [0, 0.05) is 4.47 Å². The van der Waals surface area contributed by atoms with E-state index in [1.165, 1.54) is 4.90 Å². The van der Waals surface area contributed by atoms with Gasteiger partial charge in [0.2, 0.25) is 0 Å². The van der Waals surface area contributed by atoms with Gasteiger partial charge in [0.05, 0.1) is 6.54 Å². The number of hydrogen-bond donors (Lipinski definition) is 5. The van der Waals surface area contributed by atoms with Crippen LogP contribution in [0.2, 0.25) is 0 Å². The first-order valence-electron chi connectivity index (χ1n) is 4.77. The molecule has 1 rings (SSSR count). The predicted molar refractivity (Wildman–Crippen MR) is 72.3 cm³/mol. The van der Waals surface area contributed by atoms with Gasteiger partial charge >= 0.3 is 0 Å². The summed E-state index contributed by atoms with van der Waals surface area (Å²) < 4.78 is 0.937. The number of nitrogens with one attached hydrogen (secondary N) is 2. The molecule has 0 aliphatic carbocycles. The monoisotopic (exact) mass is 332 g/mol. The molecule has 0 atom stereocenters. The van der Waals surface area contributed by atoms with E-state index in [1.807, 2.05) is 24.3 Å². The number of hydrogen-bond acceptors (Lipinski definition) is 4. The van der Waals surface area contributed by atoms with E-state index in [1.54, 1.807) is 0 Å². The second-order valence-electron chi connectivity index (χ2n) is 3.22. The fourth-order valence-electron chi connectivity index (χ4n) is 1.12. The molecule has 0 saturated carbocycles. The first-order valence-corrected chi connectivity index (χ1v) is 5.56. The molecule has 19 heavy (non-hydrogen) atoms. The highest BCUT2D eigenvalue weighted by Gasteiger charge is 2.10. The third-order valence-electron chi connectivity index (χ3n) is 1.81. The third-order valence-corrected chi connectivity index (χ3v) is 2.30. The maximum atomic E-state index is 8.36. The van der Waals surface area contributed by atoms with Crippen LogP contribution < -0.4 is 11.5 Å². The van der Waals surface area contributed by atoms with Gasteiger partial charge < -0.3 is 16.7 Å². The van der Waals surface area contributed by atoms with E-state index in [-0.39, 0.29) is 11.9 Å². The molecule has 1 aromatic rings. The summed E-state index contributed by atoms with van der Waals surface area (Å²) in [7, 11) is 0. The molecule has 0 radical (unpaired) electrons. The minimum atomic E-state index is -1.50. The minimum absolute atomic E-state index is 0.234. The molecule has 104 valence electrons. The van der Waals surface area contributed by atoms with Crippen LogP contribution in [0.4, 0.5) is 0 Å². The standard InChI is InChI=1S/C9H12BrN5.HNO3/c10-7-3-1-2-6(4-7)5-15(8(11)12)9(13)14;2-1(3)4/h1-4H,5H2,(H3,11,12)(H3,13,14);(H,2,3,4). The lowest BCUT2D eigenvalue weighted by molar-refractivity contribution is -0.742. The SMILES string of the molecule is N=C(N)N(Cc1cccc(Br)c1)C(=N)N.O=[N+]([O-])O. The summed E-state index contributed by atoms with van der Waals surface area (Å²) in [5.41, 5.74) is 11.5. The lowest BCUT2D eigenvalue weighted by Gasteiger charge is -2.20. The Bertz CT molecular complexity index is 463. The van der Waals surface area contributed by atoms with Crippen molar-refractivity contribution in [3.05, 3.63) is 44.4 Å². The number of nitrogens with zero attached hydrogens (tertiary/aromatic N) is 2. The Hall–Kier alpha value is -2.36. The van der Waals surface area contributed by atoms with Crippen molar-refractivity contribution in [1.29, 1.82) is 10.8 Å². The summed E-state index contributed by atoms with van der Waals surface area (Å²) >= 11 is 3.34. The summed E-state index contributed by atoms with van der Waals surface area (Å²) in [6, 6.07) is 7.54. The molecule has 0 saturated heterocycles. The van der Waals surface area contributed by atoms with Crippen LogP contribution in [-0.4, -0.2) is 27.1 Å². The molecule has 0 heterocycles. The second kappa shape index (κ2) is 7.87. The Morgan fingerprint density at radius 1 is 1.42 bits per heavy atom. The average Bonchev–Trinajstić information content (AvgIpc) is 2.24. The number of rotatable bonds is 2. The molecule has 0 aromatic heterocycles. The van der Waals surface area contributed by atoms with E-state index < -0.39 is 5.09 Å². The van der Waals surface area contributed by atoms with E-state index in [0.29, 0.717) is 6.54 Å². The molecular formula is C9H13BrN6O3. The van der Waals surface area contributed by atoms with Gasteiger partial charge in [0.1, 0.15) is 0 Å². The van der Waals surface area contributed by atoms with E-state index in [0.717, 1.165) is 10.0 Å². The van der Waals surface area contributed by atoms with Gasteiger partial charge in [-0.3, -0.25) is 15.7 Å². The van der Waals surface area contributed by atoms with Crippen LogP contribution in [0.3, 0.4) is 0 Å². The molecule has 0 unspecified atom stereocenters. The van der Waals surface area contributed by atoms with Crippen LogP contribution in [0.5, 0.6) is 0 Å². The zero-order chi connectivity index (χ0) is 15.0. The molecular weight excluding hydrogens is 320 g/mol. The van der Waals surface area contributed by atoms with Crippen molar-refractivity contribution in [3.8, 4) is 0 Å². The highest BCUT2D eigenvalue weighted by Crippen LogP contribution is 2.13. The second-order valence-corrected chi connectivity index (χ2v) is 4.14. The molecule has 0 spiro atoms. The lowest BCUT2D eigenvalue weighted by Crippen LogP contribution is -2.44. The fraction of sp³-hybridized carbons (Fsp3) is 0.111. The van der Waals surface area contributed by atoms with Gasteiger partial charge in [-0.2, -0.15) is 0 Å². The van der Waals surface area contributed by atoms with Crippen molar-refractivity contribution in [1.82, 2.24) is 4.90 Å². The van der Waals surface area contributed by atoms with Crippen molar-refractivity contribution >= 4 is 27.8 Å². The lowest BCUT2D eigenvalue weighted by atomic mass is 10.2. The summed E-state index contributed by atoms with van der Waals surface area (Å²) in [5.74, 6) is -0.468. The topological polar surface area (TPSA) is 166 Å². The van der Waals surface area contributed by atoms with Crippen LogP contribution in [-0.2, 0) is 6.54 Å². The van der Waals surface area contributed by atoms with Crippen molar-refractivity contribution < 1.29 is 10.3 Å². The van der Waals surface area contributed by atoms with Gasteiger partial charge in [-0.1, -0.05) is 28.1 Å². The van der Waals surface area contributed by atoms with E-state index >= 15 is 0 Å². The molecule has 1 aromatic carbocycles. The molecule has 0 aliphatic heterocycles. The van der Waals surface area contributed by atoms with Crippen LogP contribution in [0.1, 0.15) is 5.56 Å². The van der Waals surface area contributed by atoms with Crippen LogP contribution >= 0.6 is 15.9 Å². The zero-order valence-corrected chi connectivity index (χ0v) is 11.3. The van der Waals surface area contributed by atoms with Crippen molar-refractivity contribution in [2.75, 3.05) is 0 Å². The Morgan fingerprint density at radius 3 is 2.26 bits per heavy atom. The molecule has 10 heteroatoms. The highest BCUT2D eigenvalue weighted by atomic mass is 79.9. The van der Waals surface area contributed by atoms with Crippen molar-refractivity contribution in [2.45, 2.75) is 6.54 Å². The van der Waals surface area contributed by atoms with Gasteiger partial charge in [-0.25, -0.2) is 0 Å². The molecule has 0 bridgehead atoms. The number of nitrogens with two attached hydrogens (primary N) is 2. The Balaban J connectivity index is 0.000000711. The molecule has 0 fully saturated rings. The summed E-state index contributed by atoms with van der Waals surface area (Å²) in [6.45, 7) is 0.324. The maximum absolute atomic E-state index is 8.36. The normalized spacial score (nSPS) is 8.89. The fourth-order valence-corrected chi connectivity index (χ4v) is 1.56. The highest BCUT2D eigenvalue weighted by molar-refractivity contribution is 9.10. The summed E-state index contributed by atoms with van der Waals surface area (Å²) in [4.78, 5) is 9.57. The molecule has 9 nitrogen and oxygen atoms in total. The van der Waals surface area contributed by atoms with Crippen LogP contribution in [0, 0.1) is 20.9 Å². The first kappa shape index (κ1) is 16.6. The van der Waals surface area contributed by atoms with E-state index in [2.05, 4.69) is 15.9 Å². The Kier molecular flexibility index (Phi) is 6.89. The van der Waals surface area contributed by atoms with Crippen LogP contribution in [0.25, 0.3) is 0 Å². The van der Waals surface area contributed by atoms with Gasteiger partial charge in [-0.15, -0.1) is 10.1 Å². The van der Waals surface area contributed by atoms with Crippen molar-refractivity contribution in [2.24, 2.45) is 11.5 Å². The summed E-state index contributed by atoms with van der Waals surface area (Å²) in [6.07, 6.45) is 0. The maximum Gasteiger partial charge on any atom is 0.291 e. The first-order chi connectivity index (χ1) is 8.73. The largest absolute Gasteiger partial charge is 0.370 e. The Labute approximate surface area is 117 Å². The number of halogens is 1. The molecule has 0 amide bonds. The summed E-state index contributed by atoms with van der Waals surface area (Å²) in [5, 5.41) is 28.2. The molecule has 0 aliphatic rings. The number of benzene rings is 1. The van der Waals surface area contributed by atoms with Gasteiger partial charge in [-0.05, 0) is 17.7 Å².